The lowest BCUT2D eigenvalue weighted by molar-refractivity contribution is 0.478. The minimum absolute atomic E-state index is 0.0613. The quantitative estimate of drug-likeness (QED) is 0.491. The molecule has 0 bridgehead atoms. The van der Waals surface area contributed by atoms with Crippen LogP contribution in [0.1, 0.15) is 0 Å². The van der Waals surface area contributed by atoms with Gasteiger partial charge in [-0.15, -0.1) is 10.2 Å². The molecule has 0 saturated carbocycles. The first-order valence-corrected chi connectivity index (χ1v) is 3.71. The van der Waals surface area contributed by atoms with Crippen LogP contribution in [0.15, 0.2) is 30.9 Å². The summed E-state index contributed by atoms with van der Waals surface area (Å²) in [5, 5.41) is 16.6. The molecule has 0 fully saturated rings. The fourth-order valence-corrected chi connectivity index (χ4v) is 1.09. The molecular formula is C8H8N4O. The maximum atomic E-state index is 9.32. The molecule has 0 radical (unpaired) electrons. The SMILES string of the molecule is Nc1c(O)cccc1-n1cnnc1. The second kappa shape index (κ2) is 2.78. The molecule has 66 valence electrons. The van der Waals surface area contributed by atoms with Gasteiger partial charge in [-0.2, -0.15) is 0 Å². The number of anilines is 1. The number of hydrogen-bond donors (Lipinski definition) is 2. The summed E-state index contributed by atoms with van der Waals surface area (Å²) in [5.41, 5.74) is 6.64. The standard InChI is InChI=1S/C8H8N4O/c9-8-6(2-1-3-7(8)13)12-4-10-11-5-12/h1-5,13H,9H2. The summed E-state index contributed by atoms with van der Waals surface area (Å²) in [5.74, 6) is 0.0613. The maximum absolute atomic E-state index is 9.32. The molecule has 2 rings (SSSR count). The molecule has 2 aromatic rings. The van der Waals surface area contributed by atoms with Crippen molar-refractivity contribution in [1.29, 1.82) is 0 Å². The van der Waals surface area contributed by atoms with Gasteiger partial charge < -0.3 is 10.8 Å². The Morgan fingerprint density at radius 1 is 1.23 bits per heavy atom. The topological polar surface area (TPSA) is 77.0 Å². The number of rotatable bonds is 1. The van der Waals surface area contributed by atoms with E-state index in [0.29, 0.717) is 11.4 Å². The smallest absolute Gasteiger partial charge is 0.140 e. The van der Waals surface area contributed by atoms with E-state index < -0.39 is 0 Å². The van der Waals surface area contributed by atoms with E-state index in [1.54, 1.807) is 16.7 Å². The molecule has 1 aromatic carbocycles. The molecule has 0 amide bonds. The molecule has 0 aliphatic heterocycles. The zero-order valence-electron chi connectivity index (χ0n) is 6.75. The largest absolute Gasteiger partial charge is 0.506 e. The molecule has 0 saturated heterocycles. The van der Waals surface area contributed by atoms with E-state index in [2.05, 4.69) is 10.2 Å². The number of nitrogens with zero attached hydrogens (tertiary/aromatic N) is 3. The number of nitrogens with two attached hydrogens (primary N) is 1. The summed E-state index contributed by atoms with van der Waals surface area (Å²) in [6.45, 7) is 0. The maximum Gasteiger partial charge on any atom is 0.140 e. The van der Waals surface area contributed by atoms with Gasteiger partial charge in [0.2, 0.25) is 0 Å². The first kappa shape index (κ1) is 7.60. The number of benzene rings is 1. The lowest BCUT2D eigenvalue weighted by atomic mass is 10.2. The van der Waals surface area contributed by atoms with Crippen LogP contribution in [-0.2, 0) is 0 Å². The van der Waals surface area contributed by atoms with Crippen LogP contribution < -0.4 is 5.73 Å². The van der Waals surface area contributed by atoms with Crippen LogP contribution >= 0.6 is 0 Å². The highest BCUT2D eigenvalue weighted by molar-refractivity contribution is 5.65. The molecule has 0 atom stereocenters. The number of para-hydroxylation sites is 1. The van der Waals surface area contributed by atoms with Crippen LogP contribution in [0.4, 0.5) is 5.69 Å². The Morgan fingerprint density at radius 2 is 1.92 bits per heavy atom. The number of phenolic OH excluding ortho intramolecular Hbond substituents is 1. The van der Waals surface area contributed by atoms with Crippen molar-refractivity contribution in [1.82, 2.24) is 14.8 Å². The number of aromatic nitrogens is 3. The van der Waals surface area contributed by atoms with Crippen LogP contribution in [0.3, 0.4) is 0 Å². The second-order valence-corrected chi connectivity index (χ2v) is 2.58. The van der Waals surface area contributed by atoms with E-state index in [1.165, 1.54) is 18.7 Å². The van der Waals surface area contributed by atoms with E-state index in [4.69, 9.17) is 5.73 Å². The van der Waals surface area contributed by atoms with Crippen LogP contribution in [0.5, 0.6) is 5.75 Å². The molecular weight excluding hydrogens is 168 g/mol. The van der Waals surface area contributed by atoms with Crippen molar-refractivity contribution in [2.45, 2.75) is 0 Å². The Kier molecular flexibility index (Phi) is 1.63. The van der Waals surface area contributed by atoms with Gasteiger partial charge in [0.15, 0.2) is 0 Å². The Balaban J connectivity index is 2.59. The van der Waals surface area contributed by atoms with Crippen molar-refractivity contribution in [3.63, 3.8) is 0 Å². The van der Waals surface area contributed by atoms with E-state index in [9.17, 15) is 5.11 Å². The zero-order chi connectivity index (χ0) is 9.26. The van der Waals surface area contributed by atoms with Crippen LogP contribution in [0.2, 0.25) is 0 Å². The molecule has 5 heteroatoms. The van der Waals surface area contributed by atoms with Crippen LogP contribution in [-0.4, -0.2) is 19.9 Å². The highest BCUT2D eigenvalue weighted by atomic mass is 16.3. The van der Waals surface area contributed by atoms with E-state index in [-0.39, 0.29) is 5.75 Å². The molecule has 3 N–H and O–H groups in total. The van der Waals surface area contributed by atoms with E-state index in [1.807, 2.05) is 0 Å². The normalized spacial score (nSPS) is 10.2. The number of phenols is 1. The molecule has 0 spiro atoms. The lowest BCUT2D eigenvalue weighted by Crippen LogP contribution is -1.97. The van der Waals surface area contributed by atoms with E-state index in [0.717, 1.165) is 0 Å². The first-order chi connectivity index (χ1) is 6.29. The monoisotopic (exact) mass is 176 g/mol. The summed E-state index contributed by atoms with van der Waals surface area (Å²) in [6, 6.07) is 5.02. The number of hydrogen-bond acceptors (Lipinski definition) is 4. The average Bonchev–Trinajstić information content (AvgIpc) is 2.62. The van der Waals surface area contributed by atoms with Gasteiger partial charge in [-0.3, -0.25) is 4.57 Å². The Bertz CT molecular complexity index is 410. The van der Waals surface area contributed by atoms with Crippen molar-refractivity contribution in [3.8, 4) is 11.4 Å². The molecule has 1 aromatic heterocycles. The zero-order valence-corrected chi connectivity index (χ0v) is 6.75. The van der Waals surface area contributed by atoms with Gasteiger partial charge >= 0.3 is 0 Å². The van der Waals surface area contributed by atoms with Crippen molar-refractivity contribution < 1.29 is 5.11 Å². The van der Waals surface area contributed by atoms with Crippen molar-refractivity contribution >= 4 is 5.69 Å². The van der Waals surface area contributed by atoms with Gasteiger partial charge in [0.25, 0.3) is 0 Å². The molecule has 0 aliphatic carbocycles. The lowest BCUT2D eigenvalue weighted by Gasteiger charge is -2.05. The highest BCUT2D eigenvalue weighted by Crippen LogP contribution is 2.25. The fraction of sp³-hybridized carbons (Fsp3) is 0. The molecule has 0 aliphatic rings. The Labute approximate surface area is 74.4 Å². The van der Waals surface area contributed by atoms with Crippen molar-refractivity contribution in [2.24, 2.45) is 0 Å². The Morgan fingerprint density at radius 3 is 2.62 bits per heavy atom. The molecule has 1 heterocycles. The minimum Gasteiger partial charge on any atom is -0.506 e. The van der Waals surface area contributed by atoms with Crippen LogP contribution in [0.25, 0.3) is 5.69 Å². The summed E-state index contributed by atoms with van der Waals surface area (Å²) in [7, 11) is 0. The third kappa shape index (κ3) is 1.20. The summed E-state index contributed by atoms with van der Waals surface area (Å²) >= 11 is 0. The van der Waals surface area contributed by atoms with Gasteiger partial charge in [0.1, 0.15) is 18.4 Å². The van der Waals surface area contributed by atoms with Crippen molar-refractivity contribution in [3.05, 3.63) is 30.9 Å². The van der Waals surface area contributed by atoms with Gasteiger partial charge in [-0.25, -0.2) is 0 Å². The second-order valence-electron chi connectivity index (χ2n) is 2.58. The first-order valence-electron chi connectivity index (χ1n) is 3.71. The predicted octanol–water partition coefficient (Wildman–Crippen LogP) is 0.555. The Hall–Kier alpha value is -2.04. The average molecular weight is 176 g/mol. The van der Waals surface area contributed by atoms with E-state index >= 15 is 0 Å². The minimum atomic E-state index is 0.0613. The predicted molar refractivity (Wildman–Crippen MR) is 47.4 cm³/mol. The summed E-state index contributed by atoms with van der Waals surface area (Å²) in [6.07, 6.45) is 3.04. The summed E-state index contributed by atoms with van der Waals surface area (Å²) < 4.78 is 1.63. The van der Waals surface area contributed by atoms with Gasteiger partial charge in [-0.05, 0) is 12.1 Å². The van der Waals surface area contributed by atoms with Crippen molar-refractivity contribution in [2.75, 3.05) is 5.73 Å². The summed E-state index contributed by atoms with van der Waals surface area (Å²) in [4.78, 5) is 0. The highest BCUT2D eigenvalue weighted by Gasteiger charge is 2.04. The van der Waals surface area contributed by atoms with Crippen LogP contribution in [0, 0.1) is 0 Å². The molecule has 0 unspecified atom stereocenters. The number of aromatic hydroxyl groups is 1. The number of nitrogen functional groups attached to an aromatic ring is 1. The fourth-order valence-electron chi connectivity index (χ4n) is 1.09. The van der Waals surface area contributed by atoms with Gasteiger partial charge in [-0.1, -0.05) is 6.07 Å². The molecule has 5 nitrogen and oxygen atoms in total. The van der Waals surface area contributed by atoms with Gasteiger partial charge in [0.05, 0.1) is 11.4 Å². The third-order valence-electron chi connectivity index (χ3n) is 1.76. The third-order valence-corrected chi connectivity index (χ3v) is 1.76. The van der Waals surface area contributed by atoms with Gasteiger partial charge in [0, 0.05) is 0 Å². The molecule has 13 heavy (non-hydrogen) atoms.